The van der Waals surface area contributed by atoms with Gasteiger partial charge in [0.2, 0.25) is 0 Å². The van der Waals surface area contributed by atoms with E-state index in [2.05, 4.69) is 18.7 Å². The normalized spacial score (nSPS) is 29.8. The van der Waals surface area contributed by atoms with Crippen molar-refractivity contribution >= 4 is 10.2 Å². The lowest BCUT2D eigenvalue weighted by molar-refractivity contribution is 0.0592. The maximum Gasteiger partial charge on any atom is 0.282 e. The topological polar surface area (TPSA) is 53.1 Å². The Morgan fingerprint density at radius 3 is 2.09 bits per heavy atom. The molecule has 0 aromatic carbocycles. The molecule has 2 saturated heterocycles. The molecular weight excluding hydrogens is 302 g/mol. The van der Waals surface area contributed by atoms with Gasteiger partial charge < -0.3 is 9.64 Å². The van der Waals surface area contributed by atoms with E-state index in [0.29, 0.717) is 44.1 Å². The minimum Gasteiger partial charge on any atom is -0.381 e. The third kappa shape index (κ3) is 3.64. The van der Waals surface area contributed by atoms with Crippen LogP contribution < -0.4 is 0 Å². The zero-order valence-electron chi connectivity index (χ0n) is 14.5. The Balaban J connectivity index is 2.07. The van der Waals surface area contributed by atoms with E-state index in [1.54, 1.807) is 15.7 Å². The molecule has 2 atom stereocenters. The molecule has 0 aliphatic carbocycles. The first-order valence-corrected chi connectivity index (χ1v) is 9.61. The molecule has 0 N–H and O–H groups in total. The smallest absolute Gasteiger partial charge is 0.282 e. The summed E-state index contributed by atoms with van der Waals surface area (Å²) in [6.45, 7) is 6.73. The molecule has 22 heavy (non-hydrogen) atoms. The van der Waals surface area contributed by atoms with Crippen molar-refractivity contribution in [2.24, 2.45) is 11.8 Å². The number of methoxy groups -OCH3 is 1. The summed E-state index contributed by atoms with van der Waals surface area (Å²) < 4.78 is 34.5. The molecule has 7 heteroatoms. The number of ether oxygens (including phenoxy) is 1. The lowest BCUT2D eigenvalue weighted by Crippen LogP contribution is -2.48. The molecule has 130 valence electrons. The van der Waals surface area contributed by atoms with Gasteiger partial charge in [-0.25, -0.2) is 0 Å². The van der Waals surface area contributed by atoms with Gasteiger partial charge >= 0.3 is 0 Å². The van der Waals surface area contributed by atoms with E-state index >= 15 is 0 Å². The molecule has 0 radical (unpaired) electrons. The van der Waals surface area contributed by atoms with Gasteiger partial charge in [0, 0.05) is 39.3 Å². The van der Waals surface area contributed by atoms with Crippen molar-refractivity contribution in [1.29, 1.82) is 0 Å². The van der Waals surface area contributed by atoms with E-state index in [9.17, 15) is 8.42 Å². The van der Waals surface area contributed by atoms with Crippen LogP contribution in [-0.4, -0.2) is 81.5 Å². The number of hydrogen-bond acceptors (Lipinski definition) is 4. The average molecular weight is 333 g/mol. The third-order valence-corrected chi connectivity index (χ3v) is 7.17. The van der Waals surface area contributed by atoms with Crippen LogP contribution in [0.4, 0.5) is 0 Å². The van der Waals surface area contributed by atoms with Crippen LogP contribution in [0.3, 0.4) is 0 Å². The Bertz CT molecular complexity index is 443. The van der Waals surface area contributed by atoms with Crippen LogP contribution in [0.5, 0.6) is 0 Å². The van der Waals surface area contributed by atoms with Gasteiger partial charge in [0.05, 0.1) is 6.10 Å². The fraction of sp³-hybridized carbons (Fsp3) is 1.00. The highest BCUT2D eigenvalue weighted by molar-refractivity contribution is 7.86. The number of rotatable bonds is 5. The van der Waals surface area contributed by atoms with Gasteiger partial charge in [0.15, 0.2) is 0 Å². The quantitative estimate of drug-likeness (QED) is 0.749. The minimum atomic E-state index is -3.34. The molecule has 2 fully saturated rings. The Hall–Kier alpha value is -0.210. The summed E-state index contributed by atoms with van der Waals surface area (Å²) in [5, 5.41) is 0. The van der Waals surface area contributed by atoms with E-state index in [0.717, 1.165) is 12.8 Å². The molecule has 0 aromatic rings. The summed E-state index contributed by atoms with van der Waals surface area (Å²) in [6, 6.07) is 0.297. The van der Waals surface area contributed by atoms with Crippen molar-refractivity contribution in [3.05, 3.63) is 0 Å². The van der Waals surface area contributed by atoms with E-state index in [-0.39, 0.29) is 6.10 Å². The highest BCUT2D eigenvalue weighted by Crippen LogP contribution is 2.30. The van der Waals surface area contributed by atoms with Gasteiger partial charge in [-0.05, 0) is 38.8 Å². The standard InChI is InChI=1S/C15H31N3O3S/c1-12(2)14-10-18(11-15(14)16(3)4)22(19,20)17-8-6-13(21-5)7-9-17/h12-15H,6-11H2,1-5H3/t14-,15+/m0/s1. The van der Waals surface area contributed by atoms with E-state index in [4.69, 9.17) is 4.74 Å². The van der Waals surface area contributed by atoms with Crippen LogP contribution in [0, 0.1) is 11.8 Å². The van der Waals surface area contributed by atoms with Crippen molar-refractivity contribution in [2.45, 2.75) is 38.8 Å². The van der Waals surface area contributed by atoms with Crippen molar-refractivity contribution in [1.82, 2.24) is 13.5 Å². The van der Waals surface area contributed by atoms with Gasteiger partial charge in [-0.2, -0.15) is 17.0 Å². The van der Waals surface area contributed by atoms with Crippen LogP contribution >= 0.6 is 0 Å². The monoisotopic (exact) mass is 333 g/mol. The maximum absolute atomic E-state index is 12.9. The molecule has 0 bridgehead atoms. The minimum absolute atomic E-state index is 0.197. The largest absolute Gasteiger partial charge is 0.381 e. The zero-order valence-corrected chi connectivity index (χ0v) is 15.3. The lowest BCUT2D eigenvalue weighted by Gasteiger charge is -2.33. The summed E-state index contributed by atoms with van der Waals surface area (Å²) in [4.78, 5) is 2.16. The maximum atomic E-state index is 12.9. The molecule has 2 aliphatic heterocycles. The fourth-order valence-electron chi connectivity index (χ4n) is 3.63. The predicted octanol–water partition coefficient (Wildman–Crippen LogP) is 0.860. The van der Waals surface area contributed by atoms with Crippen molar-refractivity contribution in [3.8, 4) is 0 Å². The van der Waals surface area contributed by atoms with Crippen LogP contribution in [0.1, 0.15) is 26.7 Å². The molecule has 0 amide bonds. The second-order valence-electron chi connectivity index (χ2n) is 7.10. The van der Waals surface area contributed by atoms with Crippen molar-refractivity contribution in [3.63, 3.8) is 0 Å². The van der Waals surface area contributed by atoms with E-state index < -0.39 is 10.2 Å². The molecule has 0 unspecified atom stereocenters. The van der Waals surface area contributed by atoms with Gasteiger partial charge in [-0.15, -0.1) is 0 Å². The SMILES string of the molecule is COC1CCN(S(=O)(=O)N2C[C@@H](N(C)C)[C@H](C(C)C)C2)CC1. The number of hydrogen-bond donors (Lipinski definition) is 0. The van der Waals surface area contributed by atoms with Gasteiger partial charge in [-0.1, -0.05) is 13.8 Å². The highest BCUT2D eigenvalue weighted by Gasteiger charge is 2.43. The van der Waals surface area contributed by atoms with Gasteiger partial charge in [0.25, 0.3) is 10.2 Å². The van der Waals surface area contributed by atoms with Crippen LogP contribution in [0.15, 0.2) is 0 Å². The number of likely N-dealkylation sites (N-methyl/N-ethyl adjacent to an activating group) is 1. The van der Waals surface area contributed by atoms with Crippen LogP contribution in [-0.2, 0) is 14.9 Å². The first-order chi connectivity index (χ1) is 10.3. The molecular formula is C15H31N3O3S. The lowest BCUT2D eigenvalue weighted by atomic mass is 9.91. The first-order valence-electron chi connectivity index (χ1n) is 8.21. The predicted molar refractivity (Wildman–Crippen MR) is 87.9 cm³/mol. The summed E-state index contributed by atoms with van der Waals surface area (Å²) in [6.07, 6.45) is 1.77. The molecule has 0 saturated carbocycles. The van der Waals surface area contributed by atoms with Gasteiger partial charge in [0.1, 0.15) is 0 Å². The summed E-state index contributed by atoms with van der Waals surface area (Å²) in [5.74, 6) is 0.869. The molecule has 2 aliphatic rings. The van der Waals surface area contributed by atoms with Crippen molar-refractivity contribution in [2.75, 3.05) is 47.4 Å². The zero-order chi connectivity index (χ0) is 16.5. The molecule has 0 aromatic heterocycles. The van der Waals surface area contributed by atoms with E-state index in [1.807, 2.05) is 14.1 Å². The van der Waals surface area contributed by atoms with E-state index in [1.165, 1.54) is 0 Å². The summed E-state index contributed by atoms with van der Waals surface area (Å²) in [7, 11) is 2.44. The van der Waals surface area contributed by atoms with Crippen molar-refractivity contribution < 1.29 is 13.2 Å². The number of nitrogens with zero attached hydrogens (tertiary/aromatic N) is 3. The third-order valence-electron chi connectivity index (χ3n) is 5.21. The Kier molecular flexibility index (Phi) is 5.88. The molecule has 2 heterocycles. The van der Waals surface area contributed by atoms with Gasteiger partial charge in [-0.3, -0.25) is 0 Å². The van der Waals surface area contributed by atoms with Crippen LogP contribution in [0.2, 0.25) is 0 Å². The Morgan fingerprint density at radius 2 is 1.68 bits per heavy atom. The molecule has 6 nitrogen and oxygen atoms in total. The number of piperidine rings is 1. The summed E-state index contributed by atoms with van der Waals surface area (Å²) >= 11 is 0. The molecule has 0 spiro atoms. The molecule has 2 rings (SSSR count). The Morgan fingerprint density at radius 1 is 1.09 bits per heavy atom. The average Bonchev–Trinajstić information content (AvgIpc) is 2.93. The Labute approximate surface area is 135 Å². The fourth-order valence-corrected chi connectivity index (χ4v) is 5.33. The summed E-state index contributed by atoms with van der Waals surface area (Å²) in [5.41, 5.74) is 0. The second-order valence-corrected chi connectivity index (χ2v) is 9.03. The van der Waals surface area contributed by atoms with Crippen LogP contribution in [0.25, 0.3) is 0 Å². The first kappa shape index (κ1) is 18.1. The highest BCUT2D eigenvalue weighted by atomic mass is 32.2. The second kappa shape index (κ2) is 7.13.